The molecule has 2 unspecified atom stereocenters. The SMILES string of the molecule is COC(=O)C1CN(c2ccc(C#N)c3ncccc23)CC(C)O1. The summed E-state index contributed by atoms with van der Waals surface area (Å²) in [5.74, 6) is -0.377. The van der Waals surface area contributed by atoms with Crippen LogP contribution in [0.25, 0.3) is 10.9 Å². The van der Waals surface area contributed by atoms with Gasteiger partial charge in [0, 0.05) is 23.8 Å². The van der Waals surface area contributed by atoms with E-state index in [0.29, 0.717) is 24.2 Å². The van der Waals surface area contributed by atoms with Crippen molar-refractivity contribution in [3.05, 3.63) is 36.0 Å². The average Bonchev–Trinajstić information content (AvgIpc) is 2.59. The molecule has 0 spiro atoms. The lowest BCUT2D eigenvalue weighted by Gasteiger charge is -2.37. The van der Waals surface area contributed by atoms with Gasteiger partial charge in [0.15, 0.2) is 6.10 Å². The van der Waals surface area contributed by atoms with Crippen molar-refractivity contribution in [2.45, 2.75) is 19.1 Å². The number of fused-ring (bicyclic) bond motifs is 1. The lowest BCUT2D eigenvalue weighted by molar-refractivity contribution is -0.158. The first kappa shape index (κ1) is 15.3. The Morgan fingerprint density at radius 1 is 1.43 bits per heavy atom. The summed E-state index contributed by atoms with van der Waals surface area (Å²) in [7, 11) is 1.36. The summed E-state index contributed by atoms with van der Waals surface area (Å²) in [6, 6.07) is 9.60. The zero-order chi connectivity index (χ0) is 16.4. The summed E-state index contributed by atoms with van der Waals surface area (Å²) < 4.78 is 10.5. The fourth-order valence-electron chi connectivity index (χ4n) is 2.93. The molecular formula is C17H17N3O3. The number of rotatable bonds is 2. The van der Waals surface area contributed by atoms with Crippen LogP contribution in [0.3, 0.4) is 0 Å². The highest BCUT2D eigenvalue weighted by atomic mass is 16.6. The van der Waals surface area contributed by atoms with Crippen LogP contribution in [0, 0.1) is 11.3 Å². The highest BCUT2D eigenvalue weighted by Crippen LogP contribution is 2.30. The van der Waals surface area contributed by atoms with Crippen molar-refractivity contribution in [3.63, 3.8) is 0 Å². The monoisotopic (exact) mass is 311 g/mol. The van der Waals surface area contributed by atoms with Crippen LogP contribution >= 0.6 is 0 Å². The predicted molar refractivity (Wildman–Crippen MR) is 85.0 cm³/mol. The fraction of sp³-hybridized carbons (Fsp3) is 0.353. The lowest BCUT2D eigenvalue weighted by Crippen LogP contribution is -2.50. The lowest BCUT2D eigenvalue weighted by atomic mass is 10.1. The minimum absolute atomic E-state index is 0.102. The summed E-state index contributed by atoms with van der Waals surface area (Å²) in [6.45, 7) is 2.99. The summed E-state index contributed by atoms with van der Waals surface area (Å²) in [6.07, 6.45) is 0.952. The van der Waals surface area contributed by atoms with Crippen LogP contribution in [0.1, 0.15) is 12.5 Å². The Balaban J connectivity index is 2.03. The van der Waals surface area contributed by atoms with Crippen molar-refractivity contribution in [3.8, 4) is 6.07 Å². The summed E-state index contributed by atoms with van der Waals surface area (Å²) in [4.78, 5) is 18.2. The number of ether oxygens (including phenoxy) is 2. The molecule has 1 aromatic carbocycles. The molecule has 1 aliphatic heterocycles. The molecule has 0 amide bonds. The predicted octanol–water partition coefficient (Wildman–Crippen LogP) is 1.87. The van der Waals surface area contributed by atoms with E-state index in [2.05, 4.69) is 16.0 Å². The molecule has 1 aromatic heterocycles. The highest BCUT2D eigenvalue weighted by Gasteiger charge is 2.32. The third-order valence-electron chi connectivity index (χ3n) is 3.93. The van der Waals surface area contributed by atoms with Crippen LogP contribution in [-0.2, 0) is 14.3 Å². The normalized spacial score (nSPS) is 21.0. The number of carbonyl (C=O) groups is 1. The van der Waals surface area contributed by atoms with Gasteiger partial charge in [0.05, 0.1) is 30.8 Å². The molecule has 23 heavy (non-hydrogen) atoms. The number of hydrogen-bond donors (Lipinski definition) is 0. The largest absolute Gasteiger partial charge is 0.467 e. The molecule has 2 aromatic rings. The van der Waals surface area contributed by atoms with E-state index in [0.717, 1.165) is 11.1 Å². The van der Waals surface area contributed by atoms with Crippen molar-refractivity contribution in [1.29, 1.82) is 5.26 Å². The number of benzene rings is 1. The van der Waals surface area contributed by atoms with Crippen molar-refractivity contribution < 1.29 is 14.3 Å². The van der Waals surface area contributed by atoms with Gasteiger partial charge in [-0.25, -0.2) is 4.79 Å². The standard InChI is InChI=1S/C17H17N3O3/c1-11-9-20(10-15(23-11)17(21)22-2)14-6-5-12(8-18)16-13(14)4-3-7-19-16/h3-7,11,15H,9-10H2,1-2H3. The Kier molecular flexibility index (Phi) is 4.13. The number of carbonyl (C=O) groups excluding carboxylic acids is 1. The molecule has 6 heteroatoms. The van der Waals surface area contributed by atoms with E-state index in [-0.39, 0.29) is 12.1 Å². The number of pyridine rings is 1. The number of anilines is 1. The van der Waals surface area contributed by atoms with Crippen LogP contribution in [0.5, 0.6) is 0 Å². The van der Waals surface area contributed by atoms with Gasteiger partial charge in [-0.05, 0) is 31.2 Å². The second-order valence-electron chi connectivity index (χ2n) is 5.51. The van der Waals surface area contributed by atoms with Crippen molar-refractivity contribution in [2.75, 3.05) is 25.1 Å². The second-order valence-corrected chi connectivity index (χ2v) is 5.51. The molecule has 2 heterocycles. The van der Waals surface area contributed by atoms with Crippen molar-refractivity contribution in [2.24, 2.45) is 0 Å². The molecule has 0 saturated carbocycles. The number of morpholine rings is 1. The maximum Gasteiger partial charge on any atom is 0.336 e. The molecular weight excluding hydrogens is 294 g/mol. The topological polar surface area (TPSA) is 75.5 Å². The van der Waals surface area contributed by atoms with E-state index in [4.69, 9.17) is 9.47 Å². The highest BCUT2D eigenvalue weighted by molar-refractivity contribution is 5.95. The van der Waals surface area contributed by atoms with Gasteiger partial charge in [-0.3, -0.25) is 4.98 Å². The molecule has 1 fully saturated rings. The molecule has 0 radical (unpaired) electrons. The summed E-state index contributed by atoms with van der Waals surface area (Å²) in [5.41, 5.74) is 2.15. The number of aromatic nitrogens is 1. The first-order chi connectivity index (χ1) is 11.1. The van der Waals surface area contributed by atoms with Gasteiger partial charge in [-0.15, -0.1) is 0 Å². The van der Waals surface area contributed by atoms with Crippen LogP contribution in [0.15, 0.2) is 30.5 Å². The molecule has 6 nitrogen and oxygen atoms in total. The van der Waals surface area contributed by atoms with E-state index < -0.39 is 6.10 Å². The van der Waals surface area contributed by atoms with Gasteiger partial charge >= 0.3 is 5.97 Å². The quantitative estimate of drug-likeness (QED) is 0.788. The first-order valence-electron chi connectivity index (χ1n) is 7.40. The molecule has 1 saturated heterocycles. The van der Waals surface area contributed by atoms with Gasteiger partial charge in [-0.2, -0.15) is 5.26 Å². The molecule has 0 bridgehead atoms. The van der Waals surface area contributed by atoms with Gasteiger partial charge in [0.2, 0.25) is 0 Å². The number of nitrogens with zero attached hydrogens (tertiary/aromatic N) is 3. The fourth-order valence-corrected chi connectivity index (χ4v) is 2.93. The van der Waals surface area contributed by atoms with Gasteiger partial charge in [0.1, 0.15) is 6.07 Å². The van der Waals surface area contributed by atoms with Crippen molar-refractivity contribution >= 4 is 22.6 Å². The number of esters is 1. The van der Waals surface area contributed by atoms with Crippen LogP contribution in [-0.4, -0.2) is 43.4 Å². The zero-order valence-electron chi connectivity index (χ0n) is 13.0. The Morgan fingerprint density at radius 3 is 3.00 bits per heavy atom. The molecule has 0 aliphatic carbocycles. The molecule has 118 valence electrons. The molecule has 3 rings (SSSR count). The summed E-state index contributed by atoms with van der Waals surface area (Å²) >= 11 is 0. The van der Waals surface area contributed by atoms with Crippen LogP contribution < -0.4 is 4.90 Å². The average molecular weight is 311 g/mol. The smallest absolute Gasteiger partial charge is 0.336 e. The first-order valence-corrected chi connectivity index (χ1v) is 7.40. The maximum atomic E-state index is 11.8. The van der Waals surface area contributed by atoms with E-state index in [9.17, 15) is 10.1 Å². The van der Waals surface area contributed by atoms with Gasteiger partial charge < -0.3 is 14.4 Å². The van der Waals surface area contributed by atoms with E-state index in [1.54, 1.807) is 12.3 Å². The Bertz CT molecular complexity index is 784. The third-order valence-corrected chi connectivity index (χ3v) is 3.93. The van der Waals surface area contributed by atoms with E-state index in [1.807, 2.05) is 25.1 Å². The maximum absolute atomic E-state index is 11.8. The zero-order valence-corrected chi connectivity index (χ0v) is 13.0. The molecule has 1 aliphatic rings. The van der Waals surface area contributed by atoms with E-state index >= 15 is 0 Å². The molecule has 2 atom stereocenters. The van der Waals surface area contributed by atoms with Crippen LogP contribution in [0.2, 0.25) is 0 Å². The van der Waals surface area contributed by atoms with Gasteiger partial charge in [-0.1, -0.05) is 0 Å². The Labute approximate surface area is 134 Å². The van der Waals surface area contributed by atoms with Crippen LogP contribution in [0.4, 0.5) is 5.69 Å². The second kappa shape index (κ2) is 6.23. The Morgan fingerprint density at radius 2 is 2.26 bits per heavy atom. The molecule has 0 N–H and O–H groups in total. The number of nitriles is 1. The Hall–Kier alpha value is -2.65. The minimum atomic E-state index is -0.619. The van der Waals surface area contributed by atoms with Crippen molar-refractivity contribution in [1.82, 2.24) is 4.98 Å². The minimum Gasteiger partial charge on any atom is -0.467 e. The summed E-state index contributed by atoms with van der Waals surface area (Å²) in [5, 5.41) is 10.1. The van der Waals surface area contributed by atoms with E-state index in [1.165, 1.54) is 7.11 Å². The number of hydrogen-bond acceptors (Lipinski definition) is 6. The third kappa shape index (κ3) is 2.83. The van der Waals surface area contributed by atoms with Gasteiger partial charge in [0.25, 0.3) is 0 Å². The number of methoxy groups -OCH3 is 1.